The first-order chi connectivity index (χ1) is 31.7. The van der Waals surface area contributed by atoms with E-state index < -0.39 is 0 Å². The van der Waals surface area contributed by atoms with Crippen LogP contribution in [0.15, 0.2) is 170 Å². The molecule has 8 bridgehead atoms. The van der Waals surface area contributed by atoms with Crippen LogP contribution in [0, 0.1) is 47.3 Å². The summed E-state index contributed by atoms with van der Waals surface area (Å²) in [5.41, 5.74) is 19.5. The Morgan fingerprint density at radius 2 is 0.594 bits per heavy atom. The standard InChI is InChI=1S/C62H56N2/c1-2-18-52(44-14-12-16-50(38-44)64-59-25-9-5-21-55(59)62(56-22-6-10-26-60(56)64)47-33-41-28-42(35-47)36-48(62)34-41)51(17-1)43-13-11-15-49(37-43)63-57-23-7-3-19-53(57)61(54-20-4-8-24-58(54)63)45-29-39-27-40(31-45)32-46(61)30-39/h1-26,37-42,45-48H,27-36H2/t39-,40?,41?,42?,45-,46?,47?,48?/m0/s1. The summed E-state index contributed by atoms with van der Waals surface area (Å²) in [7, 11) is 0. The van der Waals surface area contributed by atoms with Gasteiger partial charge in [0.1, 0.15) is 0 Å². The number of fused-ring (bicyclic) bond motifs is 4. The third-order valence-corrected chi connectivity index (χ3v) is 19.0. The van der Waals surface area contributed by atoms with E-state index in [4.69, 9.17) is 0 Å². The maximum absolute atomic E-state index is 2.61. The smallest absolute Gasteiger partial charge is 0.0503 e. The third kappa shape index (κ3) is 4.77. The van der Waals surface area contributed by atoms with Gasteiger partial charge < -0.3 is 9.80 Å². The minimum atomic E-state index is 0.109. The number of anilines is 6. The van der Waals surface area contributed by atoms with Gasteiger partial charge in [-0.15, -0.1) is 0 Å². The minimum Gasteiger partial charge on any atom is -0.310 e. The van der Waals surface area contributed by atoms with E-state index in [1.807, 2.05) is 0 Å². The molecule has 2 heterocycles. The van der Waals surface area contributed by atoms with Crippen molar-refractivity contribution in [2.24, 2.45) is 47.3 Å². The lowest BCUT2D eigenvalue weighted by molar-refractivity contribution is -0.0419. The quantitative estimate of drug-likeness (QED) is 0.174. The number of para-hydroxylation sites is 4. The molecule has 8 fully saturated rings. The molecule has 10 aliphatic rings. The summed E-state index contributed by atoms with van der Waals surface area (Å²) in [5.74, 6) is 6.61. The molecule has 2 aliphatic heterocycles. The van der Waals surface area contributed by atoms with Crippen molar-refractivity contribution in [3.05, 3.63) is 192 Å². The molecule has 314 valence electrons. The molecule has 8 aliphatic carbocycles. The van der Waals surface area contributed by atoms with Crippen molar-refractivity contribution >= 4 is 34.1 Å². The average molecular weight is 829 g/mol. The van der Waals surface area contributed by atoms with Gasteiger partial charge in [-0.25, -0.2) is 0 Å². The summed E-state index contributed by atoms with van der Waals surface area (Å²) >= 11 is 0. The van der Waals surface area contributed by atoms with Crippen molar-refractivity contribution in [2.45, 2.75) is 75.0 Å². The summed E-state index contributed by atoms with van der Waals surface area (Å²) in [6, 6.07) is 66.1. The summed E-state index contributed by atoms with van der Waals surface area (Å²) in [6.45, 7) is 0. The Balaban J connectivity index is 0.836. The van der Waals surface area contributed by atoms with Crippen molar-refractivity contribution in [2.75, 3.05) is 9.80 Å². The third-order valence-electron chi connectivity index (χ3n) is 19.0. The molecule has 2 nitrogen and oxygen atoms in total. The van der Waals surface area contributed by atoms with Crippen LogP contribution in [-0.2, 0) is 10.8 Å². The average Bonchev–Trinajstić information content (AvgIpc) is 3.33. The topological polar surface area (TPSA) is 6.48 Å². The maximum Gasteiger partial charge on any atom is 0.0503 e. The SMILES string of the molecule is c1cc(-c2ccccc2-c2cccc(N3c4ccccc4C4(c5ccccc53)C3CC5C[C@H](C3)C[C@H]4C5)c2)cc(N2c3ccccc3C3(c4ccccc42)C2CC4CC(C2)CC3C4)c1. The van der Waals surface area contributed by atoms with E-state index in [1.165, 1.54) is 121 Å². The van der Waals surface area contributed by atoms with Crippen molar-refractivity contribution in [3.63, 3.8) is 0 Å². The first-order valence-electron chi connectivity index (χ1n) is 24.9. The van der Waals surface area contributed by atoms with E-state index in [-0.39, 0.29) is 10.8 Å². The van der Waals surface area contributed by atoms with Gasteiger partial charge in [-0.05, 0) is 205 Å². The second-order valence-corrected chi connectivity index (χ2v) is 21.7. The van der Waals surface area contributed by atoms with Gasteiger partial charge in [-0.1, -0.05) is 121 Å². The highest BCUT2D eigenvalue weighted by Crippen LogP contribution is 2.71. The fourth-order valence-electron chi connectivity index (χ4n) is 17.4. The first kappa shape index (κ1) is 36.5. The van der Waals surface area contributed by atoms with Gasteiger partial charge in [-0.3, -0.25) is 0 Å². The molecule has 0 N–H and O–H groups in total. The van der Waals surface area contributed by atoms with Gasteiger partial charge in [0.25, 0.3) is 0 Å². The Labute approximate surface area is 379 Å². The maximum atomic E-state index is 2.61. The first-order valence-corrected chi connectivity index (χ1v) is 24.9. The molecular formula is C62H56N2. The molecule has 8 saturated carbocycles. The van der Waals surface area contributed by atoms with Crippen molar-refractivity contribution in [1.29, 1.82) is 0 Å². The Bertz CT molecular complexity index is 2670. The second kappa shape index (κ2) is 13.4. The van der Waals surface area contributed by atoms with Gasteiger partial charge in [0.2, 0.25) is 0 Å². The van der Waals surface area contributed by atoms with Crippen LogP contribution >= 0.6 is 0 Å². The molecule has 2 heteroatoms. The van der Waals surface area contributed by atoms with Crippen LogP contribution in [0.1, 0.15) is 86.5 Å². The van der Waals surface area contributed by atoms with E-state index in [1.54, 1.807) is 22.3 Å². The van der Waals surface area contributed by atoms with Crippen molar-refractivity contribution < 1.29 is 0 Å². The lowest BCUT2D eigenvalue weighted by Crippen LogP contribution is -2.57. The normalized spacial score (nSPS) is 28.8. The van der Waals surface area contributed by atoms with E-state index in [0.29, 0.717) is 0 Å². The molecule has 0 amide bonds. The molecule has 0 aromatic heterocycles. The van der Waals surface area contributed by atoms with Crippen LogP contribution in [0.2, 0.25) is 0 Å². The fraction of sp³-hybridized carbons (Fsp3) is 0.323. The highest BCUT2D eigenvalue weighted by molar-refractivity contribution is 5.92. The molecule has 0 unspecified atom stereocenters. The zero-order valence-electron chi connectivity index (χ0n) is 36.8. The van der Waals surface area contributed by atoms with E-state index in [0.717, 1.165) is 47.3 Å². The van der Waals surface area contributed by atoms with Crippen molar-refractivity contribution in [1.82, 2.24) is 0 Å². The number of hydrogen-bond acceptors (Lipinski definition) is 2. The van der Waals surface area contributed by atoms with Crippen LogP contribution in [0.5, 0.6) is 0 Å². The van der Waals surface area contributed by atoms with Gasteiger partial charge >= 0.3 is 0 Å². The summed E-state index contributed by atoms with van der Waals surface area (Å²) in [4.78, 5) is 5.21. The summed E-state index contributed by atoms with van der Waals surface area (Å²) < 4.78 is 0. The Hall–Kier alpha value is -5.86. The fourth-order valence-corrected chi connectivity index (χ4v) is 17.4. The van der Waals surface area contributed by atoms with Gasteiger partial charge in [0, 0.05) is 22.2 Å². The number of hydrogen-bond donors (Lipinski definition) is 0. The Morgan fingerprint density at radius 1 is 0.297 bits per heavy atom. The second-order valence-electron chi connectivity index (χ2n) is 21.7. The van der Waals surface area contributed by atoms with Crippen LogP contribution in [0.3, 0.4) is 0 Å². The monoisotopic (exact) mass is 828 g/mol. The Kier molecular flexibility index (Phi) is 7.61. The molecular weight excluding hydrogens is 773 g/mol. The molecule has 64 heavy (non-hydrogen) atoms. The number of nitrogens with zero attached hydrogens (tertiary/aromatic N) is 2. The van der Waals surface area contributed by atoms with Gasteiger partial charge in [0.15, 0.2) is 0 Å². The van der Waals surface area contributed by atoms with Crippen LogP contribution in [0.4, 0.5) is 34.1 Å². The zero-order chi connectivity index (χ0) is 41.7. The number of benzene rings is 7. The lowest BCUT2D eigenvalue weighted by atomic mass is 9.41. The van der Waals surface area contributed by atoms with E-state index >= 15 is 0 Å². The minimum absolute atomic E-state index is 0.109. The highest BCUT2D eigenvalue weighted by atomic mass is 15.2. The highest BCUT2D eigenvalue weighted by Gasteiger charge is 2.63. The molecule has 0 saturated heterocycles. The van der Waals surface area contributed by atoms with Crippen LogP contribution in [0.25, 0.3) is 22.3 Å². The van der Waals surface area contributed by atoms with Gasteiger partial charge in [0.05, 0.1) is 22.7 Å². The number of rotatable bonds is 4. The largest absolute Gasteiger partial charge is 0.310 e. The molecule has 0 atom stereocenters. The predicted octanol–water partition coefficient (Wildman–Crippen LogP) is 16.1. The predicted molar refractivity (Wildman–Crippen MR) is 262 cm³/mol. The van der Waals surface area contributed by atoms with E-state index in [2.05, 4.69) is 180 Å². The zero-order valence-corrected chi connectivity index (χ0v) is 36.8. The van der Waals surface area contributed by atoms with Crippen molar-refractivity contribution in [3.8, 4) is 22.3 Å². The summed E-state index contributed by atoms with van der Waals surface area (Å²) in [5, 5.41) is 0. The molecule has 17 rings (SSSR count). The Morgan fingerprint density at radius 3 is 0.922 bits per heavy atom. The lowest BCUT2D eigenvalue weighted by Gasteiger charge is -2.64. The molecule has 7 aromatic rings. The molecule has 0 radical (unpaired) electrons. The molecule has 2 spiro atoms. The van der Waals surface area contributed by atoms with E-state index in [9.17, 15) is 0 Å². The summed E-state index contributed by atoms with van der Waals surface area (Å²) in [6.07, 6.45) is 14.1. The van der Waals surface area contributed by atoms with Crippen LogP contribution in [-0.4, -0.2) is 0 Å². The van der Waals surface area contributed by atoms with Gasteiger partial charge in [-0.2, -0.15) is 0 Å². The van der Waals surface area contributed by atoms with Crippen LogP contribution < -0.4 is 9.80 Å². The molecule has 7 aromatic carbocycles.